The third-order valence-corrected chi connectivity index (χ3v) is 5.31. The van der Waals surface area contributed by atoms with Crippen LogP contribution in [0.15, 0.2) is 48.5 Å². The predicted molar refractivity (Wildman–Crippen MR) is 106 cm³/mol. The lowest BCUT2D eigenvalue weighted by Crippen LogP contribution is -2.51. The van der Waals surface area contributed by atoms with Crippen molar-refractivity contribution in [2.45, 2.75) is 58.2 Å². The SMILES string of the molecule is C[C@@H]1CCC[C@@H](C)N1C(=O)[C@@H](C)Oc1ccc(-c2ccc(C#N)cc2)cc1. The van der Waals surface area contributed by atoms with Gasteiger partial charge < -0.3 is 9.64 Å². The van der Waals surface area contributed by atoms with Gasteiger partial charge in [-0.15, -0.1) is 0 Å². The van der Waals surface area contributed by atoms with Crippen LogP contribution >= 0.6 is 0 Å². The van der Waals surface area contributed by atoms with Gasteiger partial charge in [0, 0.05) is 12.1 Å². The lowest BCUT2D eigenvalue weighted by Gasteiger charge is -2.40. The van der Waals surface area contributed by atoms with Crippen molar-refractivity contribution in [1.82, 2.24) is 4.90 Å². The summed E-state index contributed by atoms with van der Waals surface area (Å²) in [6.45, 7) is 6.06. The third-order valence-electron chi connectivity index (χ3n) is 5.31. The second-order valence-corrected chi connectivity index (χ2v) is 7.35. The van der Waals surface area contributed by atoms with E-state index in [1.807, 2.05) is 48.2 Å². The Morgan fingerprint density at radius 3 is 2.07 bits per heavy atom. The number of hydrogen-bond acceptors (Lipinski definition) is 3. The molecule has 1 fully saturated rings. The van der Waals surface area contributed by atoms with Crippen molar-refractivity contribution in [3.05, 3.63) is 54.1 Å². The van der Waals surface area contributed by atoms with E-state index in [1.165, 1.54) is 6.42 Å². The molecule has 0 unspecified atom stereocenters. The molecule has 0 aromatic heterocycles. The van der Waals surface area contributed by atoms with Gasteiger partial charge in [-0.2, -0.15) is 5.26 Å². The number of nitriles is 1. The maximum absolute atomic E-state index is 12.8. The Kier molecular flexibility index (Phi) is 5.81. The largest absolute Gasteiger partial charge is 0.481 e. The van der Waals surface area contributed by atoms with E-state index in [-0.39, 0.29) is 18.0 Å². The number of carbonyl (C=O) groups is 1. The van der Waals surface area contributed by atoms with Gasteiger partial charge in [-0.1, -0.05) is 24.3 Å². The minimum absolute atomic E-state index is 0.0610. The van der Waals surface area contributed by atoms with Crippen LogP contribution in [0, 0.1) is 11.3 Å². The van der Waals surface area contributed by atoms with Crippen molar-refractivity contribution < 1.29 is 9.53 Å². The van der Waals surface area contributed by atoms with Gasteiger partial charge in [0.1, 0.15) is 5.75 Å². The topological polar surface area (TPSA) is 53.3 Å². The van der Waals surface area contributed by atoms with Crippen LogP contribution in [-0.2, 0) is 4.79 Å². The summed E-state index contributed by atoms with van der Waals surface area (Å²) >= 11 is 0. The number of rotatable bonds is 4. The summed E-state index contributed by atoms with van der Waals surface area (Å²) in [6, 6.07) is 17.9. The number of amides is 1. The highest BCUT2D eigenvalue weighted by molar-refractivity contribution is 5.81. The molecule has 1 aliphatic rings. The van der Waals surface area contributed by atoms with Gasteiger partial charge in [-0.3, -0.25) is 4.79 Å². The van der Waals surface area contributed by atoms with Crippen LogP contribution in [0.4, 0.5) is 0 Å². The number of benzene rings is 2. The van der Waals surface area contributed by atoms with E-state index < -0.39 is 6.10 Å². The molecule has 140 valence electrons. The fourth-order valence-corrected chi connectivity index (χ4v) is 3.78. The molecule has 3 rings (SSSR count). The van der Waals surface area contributed by atoms with Crippen molar-refractivity contribution in [1.29, 1.82) is 5.26 Å². The molecule has 0 saturated carbocycles. The van der Waals surface area contributed by atoms with Crippen LogP contribution < -0.4 is 4.74 Å². The van der Waals surface area contributed by atoms with E-state index in [0.717, 1.165) is 24.0 Å². The Labute approximate surface area is 161 Å². The zero-order valence-corrected chi connectivity index (χ0v) is 16.2. The second kappa shape index (κ2) is 8.26. The van der Waals surface area contributed by atoms with E-state index in [9.17, 15) is 4.79 Å². The van der Waals surface area contributed by atoms with Crippen molar-refractivity contribution in [2.75, 3.05) is 0 Å². The molecule has 2 aromatic rings. The smallest absolute Gasteiger partial charge is 0.263 e. The van der Waals surface area contributed by atoms with Gasteiger partial charge in [0.05, 0.1) is 11.6 Å². The maximum atomic E-state index is 12.8. The van der Waals surface area contributed by atoms with Gasteiger partial charge in [0.15, 0.2) is 6.10 Å². The van der Waals surface area contributed by atoms with Gasteiger partial charge in [0.25, 0.3) is 5.91 Å². The summed E-state index contributed by atoms with van der Waals surface area (Å²) in [5.41, 5.74) is 2.73. The van der Waals surface area contributed by atoms with E-state index in [4.69, 9.17) is 10.00 Å². The lowest BCUT2D eigenvalue weighted by molar-refractivity contribution is -0.144. The highest BCUT2D eigenvalue weighted by Crippen LogP contribution is 2.26. The number of likely N-dealkylation sites (tertiary alicyclic amines) is 1. The molecule has 1 aliphatic heterocycles. The highest BCUT2D eigenvalue weighted by atomic mass is 16.5. The van der Waals surface area contributed by atoms with Gasteiger partial charge >= 0.3 is 0 Å². The van der Waals surface area contributed by atoms with E-state index in [1.54, 1.807) is 12.1 Å². The number of nitrogens with zero attached hydrogens (tertiary/aromatic N) is 2. The highest BCUT2D eigenvalue weighted by Gasteiger charge is 2.32. The summed E-state index contributed by atoms with van der Waals surface area (Å²) < 4.78 is 5.92. The zero-order valence-electron chi connectivity index (χ0n) is 16.2. The number of hydrogen-bond donors (Lipinski definition) is 0. The second-order valence-electron chi connectivity index (χ2n) is 7.35. The standard InChI is InChI=1S/C23H26N2O2/c1-16-5-4-6-17(2)25(16)23(26)18(3)27-22-13-11-21(12-14-22)20-9-7-19(15-24)8-10-20/h7-14,16-18H,4-6H2,1-3H3/t16-,17-,18-/m1/s1. The molecule has 0 aliphatic carbocycles. The molecular weight excluding hydrogens is 336 g/mol. The number of carbonyl (C=O) groups excluding carboxylic acids is 1. The molecule has 0 spiro atoms. The molecule has 1 heterocycles. The van der Waals surface area contributed by atoms with Crippen LogP contribution in [0.2, 0.25) is 0 Å². The summed E-state index contributed by atoms with van der Waals surface area (Å²) in [5, 5.41) is 8.89. The molecule has 0 radical (unpaired) electrons. The molecule has 4 heteroatoms. The quantitative estimate of drug-likeness (QED) is 0.786. The fourth-order valence-electron chi connectivity index (χ4n) is 3.78. The Hall–Kier alpha value is -2.80. The monoisotopic (exact) mass is 362 g/mol. The first-order chi connectivity index (χ1) is 13.0. The molecule has 0 bridgehead atoms. The normalized spacial score (nSPS) is 20.6. The fraction of sp³-hybridized carbons (Fsp3) is 0.391. The Morgan fingerprint density at radius 2 is 1.56 bits per heavy atom. The molecule has 1 amide bonds. The van der Waals surface area contributed by atoms with Crippen LogP contribution in [0.5, 0.6) is 5.75 Å². The number of piperidine rings is 1. The van der Waals surface area contributed by atoms with Gasteiger partial charge in [-0.25, -0.2) is 0 Å². The predicted octanol–water partition coefficient (Wildman–Crippen LogP) is 4.78. The van der Waals surface area contributed by atoms with Crippen LogP contribution in [0.3, 0.4) is 0 Å². The first-order valence-corrected chi connectivity index (χ1v) is 9.59. The van der Waals surface area contributed by atoms with Crippen LogP contribution in [0.1, 0.15) is 45.6 Å². The van der Waals surface area contributed by atoms with Gasteiger partial charge in [-0.05, 0) is 75.4 Å². The van der Waals surface area contributed by atoms with E-state index in [2.05, 4.69) is 19.9 Å². The van der Waals surface area contributed by atoms with Crippen molar-refractivity contribution in [3.8, 4) is 22.9 Å². The average molecular weight is 362 g/mol. The molecule has 1 saturated heterocycles. The molecule has 4 nitrogen and oxygen atoms in total. The summed E-state index contributed by atoms with van der Waals surface area (Å²) in [5.74, 6) is 0.747. The Bertz CT molecular complexity index is 811. The minimum Gasteiger partial charge on any atom is -0.481 e. The first-order valence-electron chi connectivity index (χ1n) is 9.59. The third kappa shape index (κ3) is 4.31. The molecule has 27 heavy (non-hydrogen) atoms. The summed E-state index contributed by atoms with van der Waals surface area (Å²) in [4.78, 5) is 14.8. The Balaban J connectivity index is 1.66. The summed E-state index contributed by atoms with van der Waals surface area (Å²) in [6.07, 6.45) is 2.79. The minimum atomic E-state index is -0.506. The molecule has 3 atom stereocenters. The molecule has 0 N–H and O–H groups in total. The molecule has 2 aromatic carbocycles. The summed E-state index contributed by atoms with van der Waals surface area (Å²) in [7, 11) is 0. The number of ether oxygens (including phenoxy) is 1. The molecular formula is C23H26N2O2. The average Bonchev–Trinajstić information content (AvgIpc) is 2.68. The first kappa shape index (κ1) is 19.0. The van der Waals surface area contributed by atoms with Crippen molar-refractivity contribution in [3.63, 3.8) is 0 Å². The van der Waals surface area contributed by atoms with E-state index >= 15 is 0 Å². The maximum Gasteiger partial charge on any atom is 0.263 e. The van der Waals surface area contributed by atoms with E-state index in [0.29, 0.717) is 11.3 Å². The van der Waals surface area contributed by atoms with Crippen molar-refractivity contribution >= 4 is 5.91 Å². The zero-order chi connectivity index (χ0) is 19.4. The van der Waals surface area contributed by atoms with Gasteiger partial charge in [0.2, 0.25) is 0 Å². The Morgan fingerprint density at radius 1 is 1.04 bits per heavy atom. The van der Waals surface area contributed by atoms with Crippen LogP contribution in [0.25, 0.3) is 11.1 Å². The van der Waals surface area contributed by atoms with Crippen LogP contribution in [-0.4, -0.2) is 29.0 Å². The lowest BCUT2D eigenvalue weighted by atomic mass is 9.97. The van der Waals surface area contributed by atoms with Crippen molar-refractivity contribution in [2.24, 2.45) is 0 Å².